The van der Waals surface area contributed by atoms with Crippen molar-refractivity contribution in [2.45, 2.75) is 24.1 Å². The van der Waals surface area contributed by atoms with Crippen molar-refractivity contribution in [1.82, 2.24) is 9.97 Å². The minimum Gasteiger partial charge on any atom is -0.463 e. The van der Waals surface area contributed by atoms with Crippen molar-refractivity contribution in [2.75, 3.05) is 19.0 Å². The van der Waals surface area contributed by atoms with Gasteiger partial charge in [0.1, 0.15) is 34.3 Å². The second-order valence-electron chi connectivity index (χ2n) is 7.90. The highest BCUT2D eigenvalue weighted by atomic mass is 32.2. The summed E-state index contributed by atoms with van der Waals surface area (Å²) in [5.74, 6) is -0.479. The molecule has 3 rings (SSSR count). The molecule has 1 aliphatic rings. The summed E-state index contributed by atoms with van der Waals surface area (Å²) < 4.78 is 72.7. The standard InChI is InChI=1S/C22H21F3N4O3S/c1-4-7-32-19-11-27-18(10-28-19)17(25)9-14-5-6-16(24)15(8-14)22(12-23)13-33(30,31)21(2,3)20(26)29-22/h1,5-6,8-11H,7,12-13H2,2-3H3,(H2,26,29)/b17-9-/t22-/m0/s1. The average Bonchev–Trinajstić information content (AvgIpc) is 2.77. The van der Waals surface area contributed by atoms with E-state index in [0.717, 1.165) is 24.4 Å². The van der Waals surface area contributed by atoms with E-state index in [1.165, 1.54) is 26.1 Å². The Hall–Kier alpha value is -3.39. The topological polar surface area (TPSA) is 108 Å². The molecule has 11 heteroatoms. The molecule has 0 fully saturated rings. The summed E-state index contributed by atoms with van der Waals surface area (Å²) in [6.07, 6.45) is 8.40. The fourth-order valence-electron chi connectivity index (χ4n) is 3.17. The largest absolute Gasteiger partial charge is 0.463 e. The molecule has 1 aliphatic heterocycles. The van der Waals surface area contributed by atoms with Crippen molar-refractivity contribution in [2.24, 2.45) is 10.7 Å². The van der Waals surface area contributed by atoms with Crippen LogP contribution in [-0.2, 0) is 15.4 Å². The van der Waals surface area contributed by atoms with Crippen LogP contribution in [-0.4, -0.2) is 48.0 Å². The first-order valence-corrected chi connectivity index (χ1v) is 11.3. The Morgan fingerprint density at radius 3 is 2.64 bits per heavy atom. The molecule has 0 aliphatic carbocycles. The van der Waals surface area contributed by atoms with Gasteiger partial charge in [0.25, 0.3) is 0 Å². The molecule has 33 heavy (non-hydrogen) atoms. The summed E-state index contributed by atoms with van der Waals surface area (Å²) in [7, 11) is -3.98. The zero-order chi connectivity index (χ0) is 24.4. The Balaban J connectivity index is 2.02. The molecule has 2 heterocycles. The van der Waals surface area contributed by atoms with Crippen LogP contribution in [0.1, 0.15) is 30.7 Å². The lowest BCUT2D eigenvalue weighted by Gasteiger charge is -2.38. The van der Waals surface area contributed by atoms with Crippen LogP contribution in [0.15, 0.2) is 35.6 Å². The minimum absolute atomic E-state index is 0.0269. The number of hydrogen-bond acceptors (Lipinski definition) is 7. The van der Waals surface area contributed by atoms with E-state index in [4.69, 9.17) is 16.9 Å². The van der Waals surface area contributed by atoms with Gasteiger partial charge in [0.2, 0.25) is 5.88 Å². The first kappa shape index (κ1) is 24.3. The van der Waals surface area contributed by atoms with Gasteiger partial charge in [-0.05, 0) is 37.6 Å². The smallest absolute Gasteiger partial charge is 0.233 e. The summed E-state index contributed by atoms with van der Waals surface area (Å²) in [5, 5.41) is 0. The monoisotopic (exact) mass is 478 g/mol. The zero-order valence-electron chi connectivity index (χ0n) is 17.8. The molecular formula is C22H21F3N4O3S. The molecule has 0 saturated carbocycles. The summed E-state index contributed by atoms with van der Waals surface area (Å²) in [5.41, 5.74) is 3.39. The van der Waals surface area contributed by atoms with Crippen molar-refractivity contribution >= 4 is 27.6 Å². The highest BCUT2D eigenvalue weighted by Crippen LogP contribution is 2.39. The molecule has 0 radical (unpaired) electrons. The Kier molecular flexibility index (Phi) is 6.51. The van der Waals surface area contributed by atoms with Gasteiger partial charge in [0, 0.05) is 5.56 Å². The Morgan fingerprint density at radius 1 is 1.33 bits per heavy atom. The molecule has 0 amide bonds. The van der Waals surface area contributed by atoms with Crippen LogP contribution in [0.2, 0.25) is 0 Å². The van der Waals surface area contributed by atoms with Gasteiger partial charge < -0.3 is 10.5 Å². The average molecular weight is 478 g/mol. The molecule has 0 bridgehead atoms. The SMILES string of the molecule is C#CCOc1cnc(/C(F)=C/c2ccc(F)c([C@]3(CF)CS(=O)(=O)C(C)(C)C(N)=N3)c2)cn1. The molecule has 7 nitrogen and oxygen atoms in total. The van der Waals surface area contributed by atoms with Crippen molar-refractivity contribution < 1.29 is 26.3 Å². The second kappa shape index (κ2) is 8.86. The van der Waals surface area contributed by atoms with Crippen molar-refractivity contribution in [3.63, 3.8) is 0 Å². The van der Waals surface area contributed by atoms with Crippen LogP contribution in [0.4, 0.5) is 13.2 Å². The third-order valence-electron chi connectivity index (χ3n) is 5.34. The van der Waals surface area contributed by atoms with E-state index in [9.17, 15) is 21.6 Å². The Labute approximate surface area is 189 Å². The van der Waals surface area contributed by atoms with Gasteiger partial charge in [-0.2, -0.15) is 0 Å². The summed E-state index contributed by atoms with van der Waals surface area (Å²) in [6.45, 7) is 1.34. The lowest BCUT2D eigenvalue weighted by molar-refractivity contribution is 0.323. The third-order valence-corrected chi connectivity index (χ3v) is 7.96. The van der Waals surface area contributed by atoms with Gasteiger partial charge in [0.05, 0.1) is 18.1 Å². The van der Waals surface area contributed by atoms with E-state index in [-0.39, 0.29) is 35.1 Å². The predicted molar refractivity (Wildman–Crippen MR) is 119 cm³/mol. The molecule has 0 saturated heterocycles. The van der Waals surface area contributed by atoms with Crippen molar-refractivity contribution in [1.29, 1.82) is 0 Å². The first-order valence-electron chi connectivity index (χ1n) is 9.66. The number of ether oxygens (including phenoxy) is 1. The predicted octanol–water partition coefficient (Wildman–Crippen LogP) is 2.82. The van der Waals surface area contributed by atoms with Crippen LogP contribution >= 0.6 is 0 Å². The van der Waals surface area contributed by atoms with Crippen LogP contribution in [0.5, 0.6) is 5.88 Å². The number of aliphatic imine (C=N–C) groups is 1. The number of aromatic nitrogens is 2. The number of amidine groups is 1. The summed E-state index contributed by atoms with van der Waals surface area (Å²) in [6, 6.07) is 3.36. The molecule has 0 spiro atoms. The van der Waals surface area contributed by atoms with Gasteiger partial charge in [-0.15, -0.1) is 6.42 Å². The van der Waals surface area contributed by atoms with Gasteiger partial charge in [-0.1, -0.05) is 12.0 Å². The molecule has 0 unspecified atom stereocenters. The number of rotatable bonds is 6. The highest BCUT2D eigenvalue weighted by molar-refractivity contribution is 7.93. The number of benzene rings is 1. The maximum atomic E-state index is 14.7. The van der Waals surface area contributed by atoms with Gasteiger partial charge >= 0.3 is 0 Å². The molecule has 1 aromatic heterocycles. The lowest BCUT2D eigenvalue weighted by atomic mass is 9.90. The Morgan fingerprint density at radius 2 is 2.06 bits per heavy atom. The van der Waals surface area contributed by atoms with E-state index < -0.39 is 44.2 Å². The fraction of sp³-hybridized carbons (Fsp3) is 0.318. The van der Waals surface area contributed by atoms with Gasteiger partial charge in [-0.25, -0.2) is 31.6 Å². The van der Waals surface area contributed by atoms with Gasteiger partial charge in [0.15, 0.2) is 22.3 Å². The minimum atomic E-state index is -3.98. The van der Waals surface area contributed by atoms with Crippen LogP contribution in [0.3, 0.4) is 0 Å². The lowest BCUT2D eigenvalue weighted by Crippen LogP contribution is -2.56. The van der Waals surface area contributed by atoms with Gasteiger partial charge in [-0.3, -0.25) is 4.99 Å². The Bertz CT molecular complexity index is 1270. The van der Waals surface area contributed by atoms with Crippen molar-refractivity contribution in [3.05, 3.63) is 53.2 Å². The number of hydrogen-bond donors (Lipinski definition) is 1. The van der Waals surface area contributed by atoms with E-state index in [2.05, 4.69) is 20.9 Å². The third kappa shape index (κ3) is 4.57. The van der Waals surface area contributed by atoms with E-state index >= 15 is 0 Å². The first-order chi connectivity index (χ1) is 15.5. The van der Waals surface area contributed by atoms with E-state index in [1.807, 2.05) is 0 Å². The van der Waals surface area contributed by atoms with Crippen LogP contribution in [0.25, 0.3) is 11.9 Å². The molecule has 1 aromatic carbocycles. The number of halogens is 3. The molecule has 2 N–H and O–H groups in total. The maximum absolute atomic E-state index is 14.7. The number of sulfone groups is 1. The number of nitrogens with two attached hydrogens (primary N) is 1. The molecule has 174 valence electrons. The number of alkyl halides is 1. The quantitative estimate of drug-likeness (QED) is 0.640. The number of nitrogens with zero attached hydrogens (tertiary/aromatic N) is 3. The van der Waals surface area contributed by atoms with E-state index in [0.29, 0.717) is 0 Å². The maximum Gasteiger partial charge on any atom is 0.233 e. The van der Waals surface area contributed by atoms with Crippen LogP contribution < -0.4 is 10.5 Å². The molecular weight excluding hydrogens is 457 g/mol. The van der Waals surface area contributed by atoms with Crippen LogP contribution in [0, 0.1) is 18.2 Å². The number of terminal acetylenes is 1. The fourth-order valence-corrected chi connectivity index (χ4v) is 4.82. The molecule has 2 aromatic rings. The normalized spacial score (nSPS) is 21.7. The molecule has 1 atom stereocenters. The van der Waals surface area contributed by atoms with Crippen molar-refractivity contribution in [3.8, 4) is 18.2 Å². The summed E-state index contributed by atoms with van der Waals surface area (Å²) >= 11 is 0. The summed E-state index contributed by atoms with van der Waals surface area (Å²) in [4.78, 5) is 11.8. The zero-order valence-corrected chi connectivity index (χ0v) is 18.7. The second-order valence-corrected chi connectivity index (χ2v) is 10.4. The van der Waals surface area contributed by atoms with E-state index in [1.54, 1.807) is 0 Å². The highest BCUT2D eigenvalue weighted by Gasteiger charge is 2.51.